The Morgan fingerprint density at radius 1 is 1.64 bits per heavy atom. The van der Waals surface area contributed by atoms with E-state index in [1.807, 2.05) is 7.05 Å². The number of hydrogen-bond acceptors (Lipinski definition) is 5. The number of aliphatic hydroxyl groups excluding tert-OH is 1. The monoisotopic (exact) mass is 197 g/mol. The van der Waals surface area contributed by atoms with Crippen LogP contribution in [0.25, 0.3) is 0 Å². The summed E-state index contributed by atoms with van der Waals surface area (Å²) in [4.78, 5) is 4.26. The zero-order valence-electron chi connectivity index (χ0n) is 8.45. The molecule has 5 nitrogen and oxygen atoms in total. The third-order valence-corrected chi connectivity index (χ3v) is 2.58. The molecular formula is C9H15N3O2. The maximum atomic E-state index is 9.15. The summed E-state index contributed by atoms with van der Waals surface area (Å²) < 4.78 is 5.15. The van der Waals surface area contributed by atoms with E-state index in [2.05, 4.69) is 15.5 Å². The van der Waals surface area contributed by atoms with Crippen LogP contribution in [0.5, 0.6) is 0 Å². The molecule has 2 rings (SSSR count). The normalized spacial score (nSPS) is 20.8. The minimum absolute atomic E-state index is 0.0794. The van der Waals surface area contributed by atoms with E-state index in [1.165, 1.54) is 0 Å². The molecule has 14 heavy (non-hydrogen) atoms. The Balaban J connectivity index is 2.10. The Morgan fingerprint density at radius 3 is 2.86 bits per heavy atom. The highest BCUT2D eigenvalue weighted by Gasteiger charge is 2.48. The van der Waals surface area contributed by atoms with Gasteiger partial charge < -0.3 is 14.9 Å². The van der Waals surface area contributed by atoms with Gasteiger partial charge in [-0.3, -0.25) is 0 Å². The molecule has 5 heteroatoms. The summed E-state index contributed by atoms with van der Waals surface area (Å²) in [5.74, 6) is 1.23. The first kappa shape index (κ1) is 9.61. The molecule has 1 heterocycles. The first-order valence-electron chi connectivity index (χ1n) is 4.86. The van der Waals surface area contributed by atoms with Crippen LogP contribution >= 0.6 is 0 Å². The van der Waals surface area contributed by atoms with Crippen LogP contribution in [0.2, 0.25) is 0 Å². The van der Waals surface area contributed by atoms with Gasteiger partial charge >= 0.3 is 0 Å². The van der Waals surface area contributed by atoms with Gasteiger partial charge in [-0.2, -0.15) is 4.98 Å². The van der Waals surface area contributed by atoms with Gasteiger partial charge in [0.1, 0.15) is 0 Å². The van der Waals surface area contributed by atoms with E-state index in [9.17, 15) is 0 Å². The number of nitrogens with one attached hydrogen (secondary N) is 1. The molecule has 0 radical (unpaired) electrons. The number of rotatable bonds is 4. The third-order valence-electron chi connectivity index (χ3n) is 2.58. The molecule has 2 N–H and O–H groups in total. The van der Waals surface area contributed by atoms with Gasteiger partial charge in [0.2, 0.25) is 5.89 Å². The van der Waals surface area contributed by atoms with E-state index in [0.29, 0.717) is 18.1 Å². The number of nitrogens with zero attached hydrogens (tertiary/aromatic N) is 2. The lowest BCUT2D eigenvalue weighted by Crippen LogP contribution is -2.24. The summed E-state index contributed by atoms with van der Waals surface area (Å²) in [6, 6.07) is 0. The summed E-state index contributed by atoms with van der Waals surface area (Å²) in [5, 5.41) is 16.2. The molecule has 0 bridgehead atoms. The summed E-state index contributed by atoms with van der Waals surface area (Å²) in [7, 11) is 1.89. The SMILES string of the molecule is CNC1(c2nc(CC(C)O)no2)CC1. The lowest BCUT2D eigenvalue weighted by Gasteiger charge is -2.06. The molecule has 0 aromatic carbocycles. The van der Waals surface area contributed by atoms with Crippen LogP contribution in [0.3, 0.4) is 0 Å². The van der Waals surface area contributed by atoms with Gasteiger partial charge in [-0.25, -0.2) is 0 Å². The van der Waals surface area contributed by atoms with Crippen LogP contribution in [-0.2, 0) is 12.0 Å². The Morgan fingerprint density at radius 2 is 2.36 bits per heavy atom. The van der Waals surface area contributed by atoms with Crippen LogP contribution in [0.1, 0.15) is 31.5 Å². The first-order valence-corrected chi connectivity index (χ1v) is 4.86. The smallest absolute Gasteiger partial charge is 0.246 e. The minimum Gasteiger partial charge on any atom is -0.393 e. The second-order valence-electron chi connectivity index (χ2n) is 3.90. The van der Waals surface area contributed by atoms with Crippen molar-refractivity contribution < 1.29 is 9.63 Å². The molecule has 1 unspecified atom stereocenters. The van der Waals surface area contributed by atoms with Gasteiger partial charge in [0.25, 0.3) is 0 Å². The standard InChI is InChI=1S/C9H15N3O2/c1-6(13)5-7-11-8(14-12-7)9(10-2)3-4-9/h6,10,13H,3-5H2,1-2H3. The Labute approximate surface area is 82.5 Å². The molecule has 1 aromatic heterocycles. The maximum Gasteiger partial charge on any atom is 0.246 e. The molecule has 1 aliphatic carbocycles. The van der Waals surface area contributed by atoms with E-state index in [4.69, 9.17) is 9.63 Å². The van der Waals surface area contributed by atoms with Crippen LogP contribution < -0.4 is 5.32 Å². The fraction of sp³-hybridized carbons (Fsp3) is 0.778. The summed E-state index contributed by atoms with van der Waals surface area (Å²) >= 11 is 0. The molecule has 1 aromatic rings. The molecule has 1 atom stereocenters. The van der Waals surface area contributed by atoms with Gasteiger partial charge in [0.05, 0.1) is 11.6 Å². The third kappa shape index (κ3) is 1.65. The molecule has 0 amide bonds. The second-order valence-corrected chi connectivity index (χ2v) is 3.90. The van der Waals surface area contributed by atoms with Crippen molar-refractivity contribution in [2.45, 2.75) is 37.8 Å². The zero-order valence-corrected chi connectivity index (χ0v) is 8.45. The maximum absolute atomic E-state index is 9.15. The lowest BCUT2D eigenvalue weighted by molar-refractivity contribution is 0.191. The number of hydrogen-bond donors (Lipinski definition) is 2. The number of aromatic nitrogens is 2. The molecule has 0 spiro atoms. The van der Waals surface area contributed by atoms with Crippen LogP contribution in [-0.4, -0.2) is 28.4 Å². The highest BCUT2D eigenvalue weighted by Crippen LogP contribution is 2.44. The highest BCUT2D eigenvalue weighted by molar-refractivity contribution is 5.13. The fourth-order valence-electron chi connectivity index (χ4n) is 1.49. The molecule has 1 saturated carbocycles. The Hall–Kier alpha value is -0.940. The zero-order chi connectivity index (χ0) is 10.2. The lowest BCUT2D eigenvalue weighted by atomic mass is 10.2. The minimum atomic E-state index is -0.426. The van der Waals surface area contributed by atoms with Crippen molar-refractivity contribution in [1.29, 1.82) is 0 Å². The summed E-state index contributed by atoms with van der Waals surface area (Å²) in [6.07, 6.45) is 2.10. The second kappa shape index (κ2) is 3.33. The van der Waals surface area contributed by atoms with Gasteiger partial charge in [-0.15, -0.1) is 0 Å². The molecular weight excluding hydrogens is 182 g/mol. The largest absolute Gasteiger partial charge is 0.393 e. The fourth-order valence-corrected chi connectivity index (χ4v) is 1.49. The van der Waals surface area contributed by atoms with Crippen molar-refractivity contribution >= 4 is 0 Å². The summed E-state index contributed by atoms with van der Waals surface area (Å²) in [6.45, 7) is 1.71. The van der Waals surface area contributed by atoms with Crippen molar-refractivity contribution in [3.63, 3.8) is 0 Å². The highest BCUT2D eigenvalue weighted by atomic mass is 16.5. The van der Waals surface area contributed by atoms with Crippen molar-refractivity contribution in [2.24, 2.45) is 0 Å². The van der Waals surface area contributed by atoms with Crippen molar-refractivity contribution in [3.05, 3.63) is 11.7 Å². The predicted molar refractivity (Wildman–Crippen MR) is 49.7 cm³/mol. The van der Waals surface area contributed by atoms with Crippen LogP contribution in [0.15, 0.2) is 4.52 Å². The van der Waals surface area contributed by atoms with E-state index in [0.717, 1.165) is 12.8 Å². The van der Waals surface area contributed by atoms with Gasteiger partial charge in [0.15, 0.2) is 5.82 Å². The average molecular weight is 197 g/mol. The van der Waals surface area contributed by atoms with Gasteiger partial charge in [-0.05, 0) is 26.8 Å². The van der Waals surface area contributed by atoms with E-state index in [1.54, 1.807) is 6.92 Å². The van der Waals surface area contributed by atoms with Gasteiger partial charge in [0, 0.05) is 6.42 Å². The molecule has 0 aliphatic heterocycles. The van der Waals surface area contributed by atoms with Gasteiger partial charge in [-0.1, -0.05) is 5.16 Å². The summed E-state index contributed by atoms with van der Waals surface area (Å²) in [5.41, 5.74) is -0.0794. The van der Waals surface area contributed by atoms with Crippen molar-refractivity contribution in [1.82, 2.24) is 15.5 Å². The quantitative estimate of drug-likeness (QED) is 0.721. The molecule has 78 valence electrons. The average Bonchev–Trinajstić information content (AvgIpc) is 2.81. The molecule has 1 aliphatic rings. The number of aliphatic hydroxyl groups is 1. The molecule has 0 saturated heterocycles. The Bertz CT molecular complexity index is 318. The van der Waals surface area contributed by atoms with Crippen molar-refractivity contribution in [2.75, 3.05) is 7.05 Å². The van der Waals surface area contributed by atoms with E-state index < -0.39 is 6.10 Å². The van der Waals surface area contributed by atoms with E-state index >= 15 is 0 Å². The van der Waals surface area contributed by atoms with Crippen LogP contribution in [0.4, 0.5) is 0 Å². The first-order chi connectivity index (χ1) is 6.66. The topological polar surface area (TPSA) is 71.2 Å². The predicted octanol–water partition coefficient (Wildman–Crippen LogP) is 0.201. The van der Waals surface area contributed by atoms with Crippen molar-refractivity contribution in [3.8, 4) is 0 Å². The van der Waals surface area contributed by atoms with E-state index in [-0.39, 0.29) is 5.54 Å². The van der Waals surface area contributed by atoms with Crippen LogP contribution in [0, 0.1) is 0 Å². The molecule has 1 fully saturated rings. The Kier molecular flexibility index (Phi) is 2.28.